The molecule has 1 fully saturated rings. The molecule has 0 bridgehead atoms. The third-order valence-corrected chi connectivity index (χ3v) is 5.85. The van der Waals surface area contributed by atoms with Crippen molar-refractivity contribution in [3.05, 3.63) is 29.1 Å². The Morgan fingerprint density at radius 1 is 1.25 bits per heavy atom. The zero-order valence-corrected chi connectivity index (χ0v) is 15.9. The lowest BCUT2D eigenvalue weighted by Gasteiger charge is -2.37. The van der Waals surface area contributed by atoms with Crippen molar-refractivity contribution in [3.8, 4) is 0 Å². The molecule has 0 spiro atoms. The van der Waals surface area contributed by atoms with E-state index in [1.807, 2.05) is 0 Å². The summed E-state index contributed by atoms with van der Waals surface area (Å²) in [6, 6.07) is 2.74. The van der Waals surface area contributed by atoms with Crippen LogP contribution in [-0.2, 0) is 14.8 Å². The van der Waals surface area contributed by atoms with Crippen LogP contribution in [0.5, 0.6) is 0 Å². The first-order valence-electron chi connectivity index (χ1n) is 7.76. The Kier molecular flexibility index (Phi) is 7.62. The summed E-state index contributed by atoms with van der Waals surface area (Å²) < 4.78 is 46.8. The Bertz CT molecular complexity index is 633. The van der Waals surface area contributed by atoms with E-state index < -0.39 is 10.0 Å². The van der Waals surface area contributed by atoms with E-state index in [0.29, 0.717) is 24.3 Å². The van der Waals surface area contributed by atoms with Gasteiger partial charge >= 0.3 is 0 Å². The lowest BCUT2D eigenvalue weighted by atomic mass is 9.80. The van der Waals surface area contributed by atoms with E-state index in [-0.39, 0.29) is 28.5 Å². The van der Waals surface area contributed by atoms with Crippen LogP contribution in [0.3, 0.4) is 0 Å². The van der Waals surface area contributed by atoms with E-state index in [4.69, 9.17) is 4.74 Å². The van der Waals surface area contributed by atoms with Gasteiger partial charge in [0.2, 0.25) is 10.0 Å². The highest BCUT2D eigenvalue weighted by Crippen LogP contribution is 2.29. The summed E-state index contributed by atoms with van der Waals surface area (Å²) in [5.74, 6) is -0.363. The molecule has 0 amide bonds. The van der Waals surface area contributed by atoms with Crippen LogP contribution in [0.1, 0.15) is 24.0 Å². The predicted molar refractivity (Wildman–Crippen MR) is 94.7 cm³/mol. The summed E-state index contributed by atoms with van der Waals surface area (Å²) in [7, 11) is -2.04. The molecule has 0 radical (unpaired) electrons. The van der Waals surface area contributed by atoms with Crippen LogP contribution in [0.25, 0.3) is 0 Å². The Morgan fingerprint density at radius 2 is 1.79 bits per heavy atom. The fourth-order valence-electron chi connectivity index (χ4n) is 3.03. The molecule has 0 aliphatic carbocycles. The summed E-state index contributed by atoms with van der Waals surface area (Å²) in [4.78, 5) is 0.107. The first-order valence-corrected chi connectivity index (χ1v) is 9.24. The van der Waals surface area contributed by atoms with Crippen molar-refractivity contribution in [3.63, 3.8) is 0 Å². The van der Waals surface area contributed by atoms with Crippen molar-refractivity contribution in [2.45, 2.75) is 31.6 Å². The molecule has 1 heterocycles. The van der Waals surface area contributed by atoms with Crippen molar-refractivity contribution in [1.29, 1.82) is 0 Å². The first kappa shape index (κ1) is 21.3. The first-order chi connectivity index (χ1) is 10.8. The normalized spacial score (nSPS) is 17.3. The maximum Gasteiger partial charge on any atom is 0.240 e. The zero-order chi connectivity index (χ0) is 17.1. The fourth-order valence-corrected chi connectivity index (χ4v) is 4.35. The van der Waals surface area contributed by atoms with E-state index in [1.165, 1.54) is 12.1 Å². The molecule has 2 rings (SSSR count). The van der Waals surface area contributed by atoms with Gasteiger partial charge in [-0.2, -0.15) is 0 Å². The number of halogens is 2. The topological polar surface area (TPSA) is 67.4 Å². The summed E-state index contributed by atoms with van der Waals surface area (Å²) >= 11 is 0. The van der Waals surface area contributed by atoms with Gasteiger partial charge < -0.3 is 10.1 Å². The van der Waals surface area contributed by atoms with Crippen LogP contribution in [0.4, 0.5) is 4.39 Å². The second-order valence-corrected chi connectivity index (χ2v) is 8.15. The van der Waals surface area contributed by atoms with Gasteiger partial charge in [0.15, 0.2) is 0 Å². The van der Waals surface area contributed by atoms with Crippen LogP contribution in [0.2, 0.25) is 0 Å². The highest BCUT2D eigenvalue weighted by molar-refractivity contribution is 7.89. The predicted octanol–water partition coefficient (Wildman–Crippen LogP) is 2.16. The zero-order valence-electron chi connectivity index (χ0n) is 14.3. The SMILES string of the molecule is COCC1(CNS(=O)(=O)c2cc(C)c(F)c(C)c2)CCNCC1.Cl. The molecule has 8 heteroatoms. The molecule has 1 aliphatic rings. The Morgan fingerprint density at radius 3 is 2.29 bits per heavy atom. The van der Waals surface area contributed by atoms with Crippen molar-refractivity contribution >= 4 is 22.4 Å². The van der Waals surface area contributed by atoms with E-state index in [9.17, 15) is 12.8 Å². The van der Waals surface area contributed by atoms with Gasteiger partial charge in [0.1, 0.15) is 5.82 Å². The number of methoxy groups -OCH3 is 1. The molecule has 5 nitrogen and oxygen atoms in total. The van der Waals surface area contributed by atoms with Crippen molar-refractivity contribution in [2.24, 2.45) is 5.41 Å². The van der Waals surface area contributed by atoms with Gasteiger partial charge in [-0.05, 0) is 63.0 Å². The van der Waals surface area contributed by atoms with Gasteiger partial charge in [-0.1, -0.05) is 0 Å². The number of ether oxygens (including phenoxy) is 1. The average Bonchev–Trinajstić information content (AvgIpc) is 2.51. The largest absolute Gasteiger partial charge is 0.384 e. The van der Waals surface area contributed by atoms with Gasteiger partial charge in [-0.15, -0.1) is 12.4 Å². The summed E-state index contributed by atoms with van der Waals surface area (Å²) in [5.41, 5.74) is 0.467. The standard InChI is InChI=1S/C16H25FN2O3S.ClH/c1-12-8-14(9-13(2)15(12)17)23(20,21)19-10-16(11-22-3)4-6-18-7-5-16;/h8-9,18-19H,4-7,10-11H2,1-3H3;1H. The molecule has 0 saturated carbocycles. The molecule has 0 unspecified atom stereocenters. The van der Waals surface area contributed by atoms with Crippen LogP contribution in [0, 0.1) is 25.1 Å². The van der Waals surface area contributed by atoms with Gasteiger partial charge in [0.25, 0.3) is 0 Å². The van der Waals surface area contributed by atoms with Crippen molar-refractivity contribution in [2.75, 3.05) is 33.4 Å². The van der Waals surface area contributed by atoms with Gasteiger partial charge in [-0.25, -0.2) is 17.5 Å². The molecular weight excluding hydrogens is 355 g/mol. The fraction of sp³-hybridized carbons (Fsp3) is 0.625. The Labute approximate surface area is 149 Å². The molecule has 1 aromatic carbocycles. The molecule has 138 valence electrons. The molecular formula is C16H26ClFN2O3S. The van der Waals surface area contributed by atoms with E-state index in [0.717, 1.165) is 25.9 Å². The summed E-state index contributed by atoms with van der Waals surface area (Å²) in [6.45, 7) is 5.67. The van der Waals surface area contributed by atoms with E-state index >= 15 is 0 Å². The minimum absolute atomic E-state index is 0. The maximum atomic E-state index is 13.7. The molecule has 24 heavy (non-hydrogen) atoms. The van der Waals surface area contributed by atoms with Gasteiger partial charge in [-0.3, -0.25) is 0 Å². The molecule has 2 N–H and O–H groups in total. The third kappa shape index (κ3) is 4.89. The minimum atomic E-state index is -3.67. The van der Waals surface area contributed by atoms with Crippen LogP contribution < -0.4 is 10.0 Å². The Hall–Kier alpha value is -0.730. The minimum Gasteiger partial charge on any atom is -0.384 e. The van der Waals surface area contributed by atoms with E-state index in [1.54, 1.807) is 21.0 Å². The number of piperidine rings is 1. The van der Waals surface area contributed by atoms with Crippen molar-refractivity contribution in [1.82, 2.24) is 10.0 Å². The number of sulfonamides is 1. The Balaban J connectivity index is 0.00000288. The number of nitrogens with one attached hydrogen (secondary N) is 2. The molecule has 0 aromatic heterocycles. The second kappa shape index (κ2) is 8.58. The van der Waals surface area contributed by atoms with Crippen LogP contribution in [0.15, 0.2) is 17.0 Å². The molecule has 1 saturated heterocycles. The third-order valence-electron chi connectivity index (χ3n) is 4.47. The highest BCUT2D eigenvalue weighted by Gasteiger charge is 2.33. The van der Waals surface area contributed by atoms with E-state index in [2.05, 4.69) is 10.0 Å². The quantitative estimate of drug-likeness (QED) is 0.793. The molecule has 1 aromatic rings. The van der Waals surface area contributed by atoms with Crippen molar-refractivity contribution < 1.29 is 17.5 Å². The lowest BCUT2D eigenvalue weighted by molar-refractivity contribution is 0.0577. The molecule has 0 atom stereocenters. The monoisotopic (exact) mass is 380 g/mol. The number of aryl methyl sites for hydroxylation is 2. The number of benzene rings is 1. The average molecular weight is 381 g/mol. The number of rotatable bonds is 6. The lowest BCUT2D eigenvalue weighted by Crippen LogP contribution is -2.47. The summed E-state index contributed by atoms with van der Waals surface area (Å²) in [5, 5.41) is 3.27. The maximum absolute atomic E-state index is 13.7. The number of hydrogen-bond acceptors (Lipinski definition) is 4. The molecule has 1 aliphatic heterocycles. The second-order valence-electron chi connectivity index (χ2n) is 6.38. The van der Waals surface area contributed by atoms with Gasteiger partial charge in [0.05, 0.1) is 11.5 Å². The number of hydrogen-bond donors (Lipinski definition) is 2. The van der Waals surface area contributed by atoms with Crippen LogP contribution >= 0.6 is 12.4 Å². The van der Waals surface area contributed by atoms with Gasteiger partial charge in [0, 0.05) is 19.1 Å². The summed E-state index contributed by atoms with van der Waals surface area (Å²) in [6.07, 6.45) is 1.70. The van der Waals surface area contributed by atoms with Crippen LogP contribution in [-0.4, -0.2) is 41.8 Å². The smallest absolute Gasteiger partial charge is 0.240 e. The highest BCUT2D eigenvalue weighted by atomic mass is 35.5.